The third kappa shape index (κ3) is 7.68. The number of thiazole rings is 1. The molecule has 3 aliphatic rings. The van der Waals surface area contributed by atoms with Crippen molar-refractivity contribution in [1.82, 2.24) is 4.98 Å². The molecule has 1 aromatic carbocycles. The van der Waals surface area contributed by atoms with Gasteiger partial charge in [0.2, 0.25) is 0 Å². The van der Waals surface area contributed by atoms with Crippen LogP contribution < -0.4 is 26.3 Å². The number of rotatable bonds is 9. The molecule has 2 aromatic heterocycles. The number of esters is 1. The van der Waals surface area contributed by atoms with Crippen molar-refractivity contribution >= 4 is 34.9 Å². The summed E-state index contributed by atoms with van der Waals surface area (Å²) in [6.45, 7) is 12.9. The van der Waals surface area contributed by atoms with Crippen molar-refractivity contribution in [1.29, 1.82) is 0 Å². The number of ether oxygens (including phenoxy) is 2. The first-order valence-electron chi connectivity index (χ1n) is 17.0. The number of pyridine rings is 1. The molecule has 0 unspecified atom stereocenters. The molecule has 0 spiro atoms. The number of ketones is 1. The van der Waals surface area contributed by atoms with Crippen LogP contribution in [0.3, 0.4) is 0 Å². The van der Waals surface area contributed by atoms with Gasteiger partial charge in [-0.25, -0.2) is 9.55 Å². The van der Waals surface area contributed by atoms with E-state index in [2.05, 4.69) is 32.1 Å². The fourth-order valence-corrected chi connectivity index (χ4v) is 10.6. The van der Waals surface area contributed by atoms with E-state index in [-0.39, 0.29) is 63.4 Å². The van der Waals surface area contributed by atoms with E-state index in [1.807, 2.05) is 41.4 Å². The number of halogens is 4. The number of aromatic nitrogens is 2. The maximum Gasteiger partial charge on any atom is 0.573 e. The number of benzene rings is 1. The molecule has 13 heteroatoms. The van der Waals surface area contributed by atoms with Crippen LogP contribution >= 0.6 is 23.1 Å². The van der Waals surface area contributed by atoms with Gasteiger partial charge in [-0.15, -0.1) is 31.1 Å². The number of thioether (sulfide) groups is 1. The highest BCUT2D eigenvalue weighted by atomic mass is 79.9. The van der Waals surface area contributed by atoms with Crippen molar-refractivity contribution in [2.24, 2.45) is 34.0 Å². The molecule has 3 aromatic rings. The summed E-state index contributed by atoms with van der Waals surface area (Å²) in [5, 5.41) is 13.7. The van der Waals surface area contributed by atoms with Crippen molar-refractivity contribution in [2.75, 3.05) is 5.75 Å². The standard InChI is InChI=1S/C38H44F3N2O5S2.BrH/c1-6-35(4)19-30(36(5)23(2)11-15-37(24(3)33(35)46)16-12-29(44)32(36)37)47-31(45)22-50-34-42-28(21-49-34)26-13-17-43(18-14-26)20-25-7-9-27(10-8-25)48-38(39,40)41;/h6-10,13-14,17-18,21,23-24,30,32-33,46H,1,11-12,15-16,19-20,22H2,2-5H3;1H/q+1;/p-1/t23-,24+,30-,32+,33+,35-,36+,37+;/m1./s1. The van der Waals surface area contributed by atoms with Crippen LogP contribution in [0.25, 0.3) is 11.3 Å². The Morgan fingerprint density at radius 2 is 1.84 bits per heavy atom. The molecule has 276 valence electrons. The molecule has 0 aliphatic heterocycles. The van der Waals surface area contributed by atoms with Gasteiger partial charge >= 0.3 is 12.3 Å². The highest BCUT2D eigenvalue weighted by molar-refractivity contribution is 8.01. The number of carbonyl (C=O) groups excluding carboxylic acids is 2. The van der Waals surface area contributed by atoms with E-state index < -0.39 is 29.4 Å². The molecule has 8 atom stereocenters. The topological polar surface area (TPSA) is 89.6 Å². The van der Waals surface area contributed by atoms with Crippen molar-refractivity contribution in [3.63, 3.8) is 0 Å². The number of hydrogen-bond donors (Lipinski definition) is 1. The van der Waals surface area contributed by atoms with Crippen LogP contribution in [0.4, 0.5) is 13.2 Å². The SMILES string of the molecule is C=C[C@]1(C)C[C@@H](OC(=O)CSc2nc(-c3cc[n+](Cc4ccc(OC(F)(F)F)cc4)cc3)cs2)[C@]2(C)[C@H](C)CC[C@]3(CCC(=O)[C@H]32)[C@@H](C)[C@@H]1O.[Br-]. The number of carbonyl (C=O) groups is 2. The summed E-state index contributed by atoms with van der Waals surface area (Å²) in [5.74, 6) is -0.546. The van der Waals surface area contributed by atoms with Gasteiger partial charge in [0.1, 0.15) is 17.6 Å². The quantitative estimate of drug-likeness (QED) is 0.140. The number of Topliss-reactive ketones (excluding diaryl/α,β-unsaturated/α-hetero) is 1. The van der Waals surface area contributed by atoms with E-state index in [4.69, 9.17) is 9.72 Å². The Labute approximate surface area is 315 Å². The summed E-state index contributed by atoms with van der Waals surface area (Å²) in [5.41, 5.74) is 0.891. The predicted octanol–water partition coefficient (Wildman–Crippen LogP) is 5.05. The maximum absolute atomic E-state index is 13.6. The summed E-state index contributed by atoms with van der Waals surface area (Å²) >= 11 is 2.75. The minimum Gasteiger partial charge on any atom is -1.00 e. The molecule has 3 fully saturated rings. The van der Waals surface area contributed by atoms with E-state index in [0.29, 0.717) is 19.4 Å². The molecule has 1 N–H and O–H groups in total. The van der Waals surface area contributed by atoms with Gasteiger partial charge in [-0.2, -0.15) is 0 Å². The number of aliphatic hydroxyl groups excluding tert-OH is 1. The summed E-state index contributed by atoms with van der Waals surface area (Å²) in [6, 6.07) is 9.59. The lowest BCUT2D eigenvalue weighted by atomic mass is 9.44. The van der Waals surface area contributed by atoms with Crippen LogP contribution in [-0.2, 0) is 20.9 Å². The number of aliphatic hydroxyl groups is 1. The van der Waals surface area contributed by atoms with E-state index >= 15 is 0 Å². The molecule has 7 nitrogen and oxygen atoms in total. The summed E-state index contributed by atoms with van der Waals surface area (Å²) in [6.07, 6.45) is 3.00. The smallest absolute Gasteiger partial charge is 0.573 e. The minimum absolute atomic E-state index is 0. The van der Waals surface area contributed by atoms with Gasteiger partial charge in [0.05, 0.1) is 17.6 Å². The van der Waals surface area contributed by atoms with Crippen LogP contribution in [0.15, 0.2) is 71.2 Å². The third-order valence-electron chi connectivity index (χ3n) is 12.1. The molecule has 0 radical (unpaired) electrons. The fourth-order valence-electron chi connectivity index (χ4n) is 9.01. The van der Waals surface area contributed by atoms with Crippen LogP contribution in [-0.4, -0.2) is 46.2 Å². The van der Waals surface area contributed by atoms with Crippen molar-refractivity contribution < 1.29 is 58.9 Å². The monoisotopic (exact) mass is 808 g/mol. The van der Waals surface area contributed by atoms with Crippen molar-refractivity contribution in [3.05, 3.63) is 72.4 Å². The lowest BCUT2D eigenvalue weighted by Gasteiger charge is -2.61. The summed E-state index contributed by atoms with van der Waals surface area (Å²) in [7, 11) is 0. The van der Waals surface area contributed by atoms with Crippen molar-refractivity contribution in [2.45, 2.75) is 89.3 Å². The molecule has 3 aliphatic carbocycles. The Hall–Kier alpha value is -2.74. The van der Waals surface area contributed by atoms with Gasteiger partial charge in [-0.05, 0) is 67.2 Å². The van der Waals surface area contributed by atoms with E-state index in [0.717, 1.165) is 40.4 Å². The second-order valence-electron chi connectivity index (χ2n) is 14.8. The first-order valence-corrected chi connectivity index (χ1v) is 18.9. The average molecular weight is 810 g/mol. The van der Waals surface area contributed by atoms with E-state index in [1.54, 1.807) is 18.2 Å². The predicted molar refractivity (Wildman–Crippen MR) is 185 cm³/mol. The van der Waals surface area contributed by atoms with Gasteiger partial charge in [0, 0.05) is 51.8 Å². The van der Waals surface area contributed by atoms with E-state index in [1.165, 1.54) is 35.2 Å². The normalized spacial score (nSPS) is 31.8. The zero-order valence-electron chi connectivity index (χ0n) is 29.1. The number of alkyl halides is 3. The lowest BCUT2D eigenvalue weighted by molar-refractivity contribution is -0.688. The Morgan fingerprint density at radius 3 is 2.49 bits per heavy atom. The third-order valence-corrected chi connectivity index (χ3v) is 14.1. The van der Waals surface area contributed by atoms with Gasteiger partial charge in [0.25, 0.3) is 0 Å². The van der Waals surface area contributed by atoms with Gasteiger partial charge in [-0.1, -0.05) is 45.5 Å². The second-order valence-corrected chi connectivity index (χ2v) is 16.9. The molecule has 3 saturated carbocycles. The fraction of sp³-hybridized carbons (Fsp3) is 0.526. The highest BCUT2D eigenvalue weighted by Crippen LogP contribution is 2.68. The van der Waals surface area contributed by atoms with Gasteiger partial charge < -0.3 is 31.6 Å². The van der Waals surface area contributed by atoms with Gasteiger partial charge in [0.15, 0.2) is 23.3 Å². The zero-order chi connectivity index (χ0) is 36.1. The van der Waals surface area contributed by atoms with Crippen LogP contribution in [0.2, 0.25) is 0 Å². The number of hydrogen-bond acceptors (Lipinski definition) is 8. The van der Waals surface area contributed by atoms with Crippen molar-refractivity contribution in [3.8, 4) is 17.0 Å². The first-order chi connectivity index (χ1) is 23.6. The maximum atomic E-state index is 13.6. The molecule has 6 rings (SSSR count). The lowest BCUT2D eigenvalue weighted by Crippen LogP contribution is -3.00. The molecule has 2 bridgehead atoms. The zero-order valence-corrected chi connectivity index (χ0v) is 32.3. The first kappa shape index (κ1) is 39.5. The Balaban J connectivity index is 0.00000504. The Kier molecular flexibility index (Phi) is 11.6. The average Bonchev–Trinajstić information content (AvgIpc) is 3.70. The van der Waals surface area contributed by atoms with Crippen LogP contribution in [0.1, 0.15) is 65.4 Å². The molecular formula is C38H44BrF3N2O5S2. The van der Waals surface area contributed by atoms with Crippen LogP contribution in [0, 0.1) is 34.0 Å². The Bertz CT molecular complexity index is 1740. The molecular weight excluding hydrogens is 765 g/mol. The minimum atomic E-state index is -4.73. The highest BCUT2D eigenvalue weighted by Gasteiger charge is 2.68. The second kappa shape index (κ2) is 14.9. The number of nitrogens with zero attached hydrogens (tertiary/aromatic N) is 2. The largest absolute Gasteiger partial charge is 1.00 e. The Morgan fingerprint density at radius 1 is 1.16 bits per heavy atom. The molecule has 2 heterocycles. The van der Waals surface area contributed by atoms with Gasteiger partial charge in [-0.3, -0.25) is 9.59 Å². The van der Waals surface area contributed by atoms with E-state index in [9.17, 15) is 27.9 Å². The molecule has 0 amide bonds. The van der Waals surface area contributed by atoms with Crippen LogP contribution in [0.5, 0.6) is 5.75 Å². The summed E-state index contributed by atoms with van der Waals surface area (Å²) < 4.78 is 50.3. The molecule has 51 heavy (non-hydrogen) atoms. The summed E-state index contributed by atoms with van der Waals surface area (Å²) in [4.78, 5) is 31.9. The molecule has 0 saturated heterocycles.